The Bertz CT molecular complexity index is 400. The lowest BCUT2D eigenvalue weighted by atomic mass is 10.1. The molecule has 3 heteroatoms. The lowest BCUT2D eigenvalue weighted by molar-refractivity contribution is 0.862. The Balaban J connectivity index is 2.08. The van der Waals surface area contributed by atoms with Gasteiger partial charge in [-0.25, -0.2) is 9.97 Å². The van der Waals surface area contributed by atoms with Gasteiger partial charge >= 0.3 is 0 Å². The van der Waals surface area contributed by atoms with E-state index in [0.29, 0.717) is 0 Å². The first-order chi connectivity index (χ1) is 7.36. The fourth-order valence-electron chi connectivity index (χ4n) is 1.40. The predicted octanol–water partition coefficient (Wildman–Crippen LogP) is 2.65. The molecule has 1 unspecified atom stereocenters. The number of para-hydroxylation sites is 1. The first-order valence-electron chi connectivity index (χ1n) is 4.93. The van der Waals surface area contributed by atoms with E-state index in [4.69, 9.17) is 0 Å². The average molecular weight is 199 g/mol. The molecule has 0 spiro atoms. The number of hydrogen-bond acceptors (Lipinski definition) is 3. The zero-order chi connectivity index (χ0) is 10.5. The van der Waals surface area contributed by atoms with Gasteiger partial charge in [0.25, 0.3) is 0 Å². The van der Waals surface area contributed by atoms with Crippen LogP contribution in [0.5, 0.6) is 0 Å². The number of nitrogens with zero attached hydrogens (tertiary/aromatic N) is 2. The number of anilines is 1. The molecular formula is C12H13N3. The summed E-state index contributed by atoms with van der Waals surface area (Å²) in [6.45, 7) is 2.09. The minimum atomic E-state index is 0.216. The molecule has 0 fully saturated rings. The minimum absolute atomic E-state index is 0.216. The smallest absolute Gasteiger partial charge is 0.115 e. The summed E-state index contributed by atoms with van der Waals surface area (Å²) in [7, 11) is 0. The van der Waals surface area contributed by atoms with E-state index in [0.717, 1.165) is 11.3 Å². The van der Waals surface area contributed by atoms with Crippen molar-refractivity contribution < 1.29 is 0 Å². The summed E-state index contributed by atoms with van der Waals surface area (Å²) in [4.78, 5) is 7.99. The van der Waals surface area contributed by atoms with Gasteiger partial charge in [0.15, 0.2) is 0 Å². The number of aromatic nitrogens is 2. The van der Waals surface area contributed by atoms with Crippen LogP contribution in [0.1, 0.15) is 18.5 Å². The first kappa shape index (κ1) is 9.65. The van der Waals surface area contributed by atoms with Crippen LogP contribution in [0.2, 0.25) is 0 Å². The van der Waals surface area contributed by atoms with Crippen LogP contribution in [0.3, 0.4) is 0 Å². The summed E-state index contributed by atoms with van der Waals surface area (Å²) in [5.74, 6) is 0. The molecule has 0 aliphatic carbocycles. The van der Waals surface area contributed by atoms with Gasteiger partial charge in [-0.3, -0.25) is 0 Å². The summed E-state index contributed by atoms with van der Waals surface area (Å²) in [6.07, 6.45) is 5.19. The van der Waals surface area contributed by atoms with Crippen molar-refractivity contribution >= 4 is 5.69 Å². The standard InChI is InChI=1S/C12H13N3/c1-10(11-7-13-9-14-8-11)15-12-5-3-2-4-6-12/h2-10,15H,1H3. The maximum absolute atomic E-state index is 4.00. The van der Waals surface area contributed by atoms with E-state index in [1.807, 2.05) is 42.7 Å². The Morgan fingerprint density at radius 1 is 1.07 bits per heavy atom. The molecule has 1 aromatic heterocycles. The second kappa shape index (κ2) is 4.55. The van der Waals surface area contributed by atoms with E-state index >= 15 is 0 Å². The Morgan fingerprint density at radius 3 is 2.40 bits per heavy atom. The summed E-state index contributed by atoms with van der Waals surface area (Å²) in [5.41, 5.74) is 2.19. The largest absolute Gasteiger partial charge is 0.378 e. The zero-order valence-electron chi connectivity index (χ0n) is 8.59. The number of hydrogen-bond donors (Lipinski definition) is 1. The van der Waals surface area contributed by atoms with Gasteiger partial charge in [-0.05, 0) is 19.1 Å². The fourth-order valence-corrected chi connectivity index (χ4v) is 1.40. The van der Waals surface area contributed by atoms with E-state index in [-0.39, 0.29) is 6.04 Å². The molecule has 2 aromatic rings. The van der Waals surface area contributed by atoms with Gasteiger partial charge in [-0.1, -0.05) is 18.2 Å². The number of benzene rings is 1. The van der Waals surface area contributed by atoms with Gasteiger partial charge in [-0.15, -0.1) is 0 Å². The third-order valence-electron chi connectivity index (χ3n) is 2.24. The molecule has 1 N–H and O–H groups in total. The number of nitrogens with one attached hydrogen (secondary N) is 1. The molecule has 0 bridgehead atoms. The maximum atomic E-state index is 4.00. The van der Waals surface area contributed by atoms with Gasteiger partial charge in [0.2, 0.25) is 0 Å². The van der Waals surface area contributed by atoms with Crippen LogP contribution in [0.4, 0.5) is 5.69 Å². The highest BCUT2D eigenvalue weighted by molar-refractivity contribution is 5.44. The molecule has 1 heterocycles. The molecule has 0 amide bonds. The average Bonchev–Trinajstić information content (AvgIpc) is 2.31. The zero-order valence-corrected chi connectivity index (χ0v) is 8.59. The van der Waals surface area contributed by atoms with Crippen molar-refractivity contribution in [1.82, 2.24) is 9.97 Å². The van der Waals surface area contributed by atoms with Crippen LogP contribution in [0, 0.1) is 0 Å². The number of rotatable bonds is 3. The van der Waals surface area contributed by atoms with Crippen molar-refractivity contribution in [3.05, 3.63) is 54.6 Å². The van der Waals surface area contributed by atoms with E-state index < -0.39 is 0 Å². The lowest BCUT2D eigenvalue weighted by Gasteiger charge is -2.14. The molecular weight excluding hydrogens is 186 g/mol. The highest BCUT2D eigenvalue weighted by Gasteiger charge is 2.04. The predicted molar refractivity (Wildman–Crippen MR) is 60.5 cm³/mol. The topological polar surface area (TPSA) is 37.8 Å². The lowest BCUT2D eigenvalue weighted by Crippen LogP contribution is -2.06. The van der Waals surface area contributed by atoms with Crippen molar-refractivity contribution in [2.45, 2.75) is 13.0 Å². The van der Waals surface area contributed by atoms with Crippen molar-refractivity contribution in [3.63, 3.8) is 0 Å². The third-order valence-corrected chi connectivity index (χ3v) is 2.24. The molecule has 15 heavy (non-hydrogen) atoms. The summed E-state index contributed by atoms with van der Waals surface area (Å²) in [5, 5.41) is 3.38. The quantitative estimate of drug-likeness (QED) is 0.825. The second-order valence-electron chi connectivity index (χ2n) is 3.40. The van der Waals surface area contributed by atoms with Crippen molar-refractivity contribution in [1.29, 1.82) is 0 Å². The van der Waals surface area contributed by atoms with Gasteiger partial charge in [0.05, 0.1) is 6.04 Å². The van der Waals surface area contributed by atoms with E-state index in [1.54, 1.807) is 6.33 Å². The highest BCUT2D eigenvalue weighted by Crippen LogP contribution is 2.16. The monoisotopic (exact) mass is 199 g/mol. The molecule has 0 radical (unpaired) electrons. The molecule has 0 saturated carbocycles. The normalized spacial score (nSPS) is 12.1. The van der Waals surface area contributed by atoms with Crippen LogP contribution in [0.25, 0.3) is 0 Å². The summed E-state index contributed by atoms with van der Waals surface area (Å²) < 4.78 is 0. The van der Waals surface area contributed by atoms with Crippen molar-refractivity contribution in [2.75, 3.05) is 5.32 Å². The Labute approximate surface area is 89.2 Å². The van der Waals surface area contributed by atoms with Gasteiger partial charge in [0, 0.05) is 23.6 Å². The van der Waals surface area contributed by atoms with Crippen LogP contribution < -0.4 is 5.32 Å². The van der Waals surface area contributed by atoms with E-state index in [2.05, 4.69) is 22.2 Å². The van der Waals surface area contributed by atoms with Gasteiger partial charge < -0.3 is 5.32 Å². The summed E-state index contributed by atoms with van der Waals surface area (Å²) >= 11 is 0. The van der Waals surface area contributed by atoms with Gasteiger partial charge in [0.1, 0.15) is 6.33 Å². The Kier molecular flexibility index (Phi) is 2.93. The summed E-state index contributed by atoms with van der Waals surface area (Å²) in [6, 6.07) is 10.3. The SMILES string of the molecule is CC(Nc1ccccc1)c1cncnc1. The first-order valence-corrected chi connectivity index (χ1v) is 4.93. The maximum Gasteiger partial charge on any atom is 0.115 e. The minimum Gasteiger partial charge on any atom is -0.378 e. The van der Waals surface area contributed by atoms with Crippen molar-refractivity contribution in [2.24, 2.45) is 0 Å². The van der Waals surface area contributed by atoms with E-state index in [1.165, 1.54) is 0 Å². The van der Waals surface area contributed by atoms with Crippen LogP contribution in [0.15, 0.2) is 49.1 Å². The molecule has 1 aromatic carbocycles. The molecule has 0 aliphatic rings. The van der Waals surface area contributed by atoms with Crippen LogP contribution >= 0.6 is 0 Å². The molecule has 1 atom stereocenters. The Morgan fingerprint density at radius 2 is 1.73 bits per heavy atom. The molecule has 0 aliphatic heterocycles. The van der Waals surface area contributed by atoms with Crippen LogP contribution in [-0.2, 0) is 0 Å². The molecule has 3 nitrogen and oxygen atoms in total. The highest BCUT2D eigenvalue weighted by atomic mass is 14.9. The fraction of sp³-hybridized carbons (Fsp3) is 0.167. The molecule has 2 rings (SSSR count). The second-order valence-corrected chi connectivity index (χ2v) is 3.40. The molecule has 0 saturated heterocycles. The van der Waals surface area contributed by atoms with Gasteiger partial charge in [-0.2, -0.15) is 0 Å². The molecule has 76 valence electrons. The Hall–Kier alpha value is -1.90. The van der Waals surface area contributed by atoms with Crippen LogP contribution in [-0.4, -0.2) is 9.97 Å². The third kappa shape index (κ3) is 2.53. The van der Waals surface area contributed by atoms with E-state index in [9.17, 15) is 0 Å². The van der Waals surface area contributed by atoms with Crippen molar-refractivity contribution in [3.8, 4) is 0 Å².